The van der Waals surface area contributed by atoms with Gasteiger partial charge in [0.25, 0.3) is 5.91 Å². The van der Waals surface area contributed by atoms with Crippen LogP contribution in [0.5, 0.6) is 5.75 Å². The van der Waals surface area contributed by atoms with Crippen LogP contribution in [0.4, 0.5) is 0 Å². The van der Waals surface area contributed by atoms with E-state index in [1.807, 2.05) is 36.9 Å². The second kappa shape index (κ2) is 6.37. The minimum atomic E-state index is -0.656. The molecule has 3 rings (SSSR count). The number of nitrogens with zero attached hydrogens (tertiary/aromatic N) is 1. The quantitative estimate of drug-likeness (QED) is 0.903. The zero-order valence-electron chi connectivity index (χ0n) is 14.8. The lowest BCUT2D eigenvalue weighted by Crippen LogP contribution is -2.54. The summed E-state index contributed by atoms with van der Waals surface area (Å²) in [5, 5.41) is 10.4. The van der Waals surface area contributed by atoms with Gasteiger partial charge in [-0.3, -0.25) is 4.79 Å². The monoisotopic (exact) mass is 333 g/mol. The highest BCUT2D eigenvalue weighted by molar-refractivity contribution is 5.95. The van der Waals surface area contributed by atoms with Gasteiger partial charge in [-0.15, -0.1) is 0 Å². The van der Waals surface area contributed by atoms with Crippen LogP contribution in [0.3, 0.4) is 0 Å². The number of piperidine rings is 1. The second-order valence-corrected chi connectivity index (χ2v) is 7.43. The van der Waals surface area contributed by atoms with Gasteiger partial charge in [-0.1, -0.05) is 0 Å². The van der Waals surface area contributed by atoms with Gasteiger partial charge in [0.2, 0.25) is 0 Å². The van der Waals surface area contributed by atoms with Crippen molar-refractivity contribution in [3.05, 3.63) is 29.3 Å². The van der Waals surface area contributed by atoms with Crippen LogP contribution in [0, 0.1) is 6.92 Å². The molecule has 1 aromatic rings. The lowest BCUT2D eigenvalue weighted by atomic mass is 9.78. The number of aryl methyl sites for hydroxylation is 1. The Balaban J connectivity index is 1.67. The van der Waals surface area contributed by atoms with Crippen LogP contribution < -0.4 is 4.74 Å². The highest BCUT2D eigenvalue weighted by Crippen LogP contribution is 2.39. The third-order valence-corrected chi connectivity index (χ3v) is 5.38. The number of aliphatic hydroxyl groups is 1. The number of amides is 1. The number of carbonyl (C=O) groups is 1. The lowest BCUT2D eigenvalue weighted by Gasteiger charge is -2.48. The fraction of sp³-hybridized carbons (Fsp3) is 0.632. The minimum absolute atomic E-state index is 0.0626. The van der Waals surface area contributed by atoms with Gasteiger partial charge in [0, 0.05) is 25.1 Å². The third-order valence-electron chi connectivity index (χ3n) is 5.38. The molecule has 2 fully saturated rings. The van der Waals surface area contributed by atoms with E-state index in [1.165, 1.54) is 0 Å². The summed E-state index contributed by atoms with van der Waals surface area (Å²) < 4.78 is 11.2. The van der Waals surface area contributed by atoms with E-state index in [2.05, 4.69) is 0 Å². The molecule has 24 heavy (non-hydrogen) atoms. The molecule has 5 heteroatoms. The van der Waals surface area contributed by atoms with Gasteiger partial charge in [0.05, 0.1) is 24.9 Å². The van der Waals surface area contributed by atoms with E-state index in [0.717, 1.165) is 29.7 Å². The summed E-state index contributed by atoms with van der Waals surface area (Å²) in [6, 6.07) is 5.55. The second-order valence-electron chi connectivity index (χ2n) is 7.43. The highest BCUT2D eigenvalue weighted by Gasteiger charge is 2.45. The molecule has 1 atom stereocenters. The van der Waals surface area contributed by atoms with Crippen LogP contribution in [-0.2, 0) is 4.74 Å². The number of rotatable bonds is 2. The van der Waals surface area contributed by atoms with Gasteiger partial charge in [-0.05, 0) is 56.9 Å². The number of carbonyl (C=O) groups excluding carboxylic acids is 1. The number of hydrogen-bond acceptors (Lipinski definition) is 4. The number of likely N-dealkylation sites (tertiary alicyclic amines) is 1. The Hall–Kier alpha value is -1.59. The Morgan fingerprint density at radius 1 is 1.29 bits per heavy atom. The normalized spacial score (nSPS) is 26.4. The average Bonchev–Trinajstić information content (AvgIpc) is 2.53. The molecule has 2 saturated heterocycles. The van der Waals surface area contributed by atoms with Crippen molar-refractivity contribution in [1.82, 2.24) is 4.90 Å². The molecule has 1 spiro atoms. The van der Waals surface area contributed by atoms with Crippen LogP contribution in [0.2, 0.25) is 0 Å². The fourth-order valence-electron chi connectivity index (χ4n) is 3.93. The van der Waals surface area contributed by atoms with Crippen molar-refractivity contribution in [3.63, 3.8) is 0 Å². The van der Waals surface area contributed by atoms with E-state index in [0.29, 0.717) is 32.5 Å². The SMILES string of the molecule is COc1ccc(C(=O)N2CCC3(CC2)CC(C)(O)CCO3)c(C)c1. The maximum absolute atomic E-state index is 12.8. The maximum Gasteiger partial charge on any atom is 0.254 e. The molecule has 0 bridgehead atoms. The standard InChI is InChI=1S/C19H27NO4/c1-14-12-15(23-3)4-5-16(14)17(21)20-9-6-19(7-10-20)13-18(2,22)8-11-24-19/h4-5,12,22H,6-11,13H2,1-3H3. The van der Waals surface area contributed by atoms with E-state index < -0.39 is 5.60 Å². The topological polar surface area (TPSA) is 59.0 Å². The number of hydrogen-bond donors (Lipinski definition) is 1. The molecule has 1 unspecified atom stereocenters. The Morgan fingerprint density at radius 3 is 2.58 bits per heavy atom. The van der Waals surface area contributed by atoms with Gasteiger partial charge in [-0.2, -0.15) is 0 Å². The molecular weight excluding hydrogens is 306 g/mol. The molecule has 2 heterocycles. The van der Waals surface area contributed by atoms with Gasteiger partial charge < -0.3 is 19.5 Å². The molecule has 1 N–H and O–H groups in total. The first-order chi connectivity index (χ1) is 11.3. The van der Waals surface area contributed by atoms with Crippen LogP contribution >= 0.6 is 0 Å². The van der Waals surface area contributed by atoms with Crippen LogP contribution in [0.1, 0.15) is 48.5 Å². The summed E-state index contributed by atoms with van der Waals surface area (Å²) in [7, 11) is 1.62. The van der Waals surface area contributed by atoms with E-state index >= 15 is 0 Å². The Bertz CT molecular complexity index is 618. The predicted molar refractivity (Wildman–Crippen MR) is 91.4 cm³/mol. The largest absolute Gasteiger partial charge is 0.497 e. The first-order valence-electron chi connectivity index (χ1n) is 8.64. The smallest absolute Gasteiger partial charge is 0.254 e. The molecule has 5 nitrogen and oxygen atoms in total. The summed E-state index contributed by atoms with van der Waals surface area (Å²) in [6.45, 7) is 5.75. The van der Waals surface area contributed by atoms with Gasteiger partial charge in [0.1, 0.15) is 5.75 Å². The molecule has 0 aliphatic carbocycles. The van der Waals surface area contributed by atoms with Gasteiger partial charge in [-0.25, -0.2) is 0 Å². The summed E-state index contributed by atoms with van der Waals surface area (Å²) in [4.78, 5) is 14.7. The van der Waals surface area contributed by atoms with E-state index in [4.69, 9.17) is 9.47 Å². The van der Waals surface area contributed by atoms with E-state index in [-0.39, 0.29) is 11.5 Å². The highest BCUT2D eigenvalue weighted by atomic mass is 16.5. The summed E-state index contributed by atoms with van der Waals surface area (Å²) in [5.41, 5.74) is 0.726. The van der Waals surface area contributed by atoms with Gasteiger partial charge >= 0.3 is 0 Å². The summed E-state index contributed by atoms with van der Waals surface area (Å²) in [5.74, 6) is 0.826. The number of benzene rings is 1. The van der Waals surface area contributed by atoms with Gasteiger partial charge in [0.15, 0.2) is 0 Å². The molecule has 2 aliphatic heterocycles. The van der Waals surface area contributed by atoms with Crippen molar-refractivity contribution >= 4 is 5.91 Å². The molecule has 2 aliphatic rings. The Labute approximate surface area is 143 Å². The van der Waals surface area contributed by atoms with Crippen molar-refractivity contribution in [2.24, 2.45) is 0 Å². The third kappa shape index (κ3) is 3.42. The lowest BCUT2D eigenvalue weighted by molar-refractivity contribution is -0.170. The first kappa shape index (κ1) is 17.2. The van der Waals surface area contributed by atoms with Crippen LogP contribution in [0.25, 0.3) is 0 Å². The van der Waals surface area contributed by atoms with Crippen molar-refractivity contribution in [3.8, 4) is 5.75 Å². The van der Waals surface area contributed by atoms with Crippen molar-refractivity contribution in [1.29, 1.82) is 0 Å². The predicted octanol–water partition coefficient (Wildman–Crippen LogP) is 2.54. The van der Waals surface area contributed by atoms with Crippen LogP contribution in [0.15, 0.2) is 18.2 Å². The van der Waals surface area contributed by atoms with E-state index in [1.54, 1.807) is 7.11 Å². The average molecular weight is 333 g/mol. The molecule has 0 saturated carbocycles. The summed E-state index contributed by atoms with van der Waals surface area (Å²) >= 11 is 0. The van der Waals surface area contributed by atoms with Crippen molar-refractivity contribution in [2.45, 2.75) is 50.7 Å². The molecule has 1 aromatic carbocycles. The van der Waals surface area contributed by atoms with E-state index in [9.17, 15) is 9.90 Å². The zero-order valence-corrected chi connectivity index (χ0v) is 14.8. The molecule has 1 amide bonds. The number of methoxy groups -OCH3 is 1. The molecule has 132 valence electrons. The van der Waals surface area contributed by atoms with Crippen molar-refractivity contribution < 1.29 is 19.4 Å². The number of ether oxygens (including phenoxy) is 2. The molecule has 0 aromatic heterocycles. The Morgan fingerprint density at radius 2 is 2.00 bits per heavy atom. The minimum Gasteiger partial charge on any atom is -0.497 e. The fourth-order valence-corrected chi connectivity index (χ4v) is 3.93. The van der Waals surface area contributed by atoms with Crippen LogP contribution in [-0.4, -0.2) is 53.9 Å². The molecule has 0 radical (unpaired) electrons. The van der Waals surface area contributed by atoms with Crippen molar-refractivity contribution in [2.75, 3.05) is 26.8 Å². The maximum atomic E-state index is 12.8. The molecular formula is C19H27NO4. The summed E-state index contributed by atoms with van der Waals surface area (Å²) in [6.07, 6.45) is 2.90. The first-order valence-corrected chi connectivity index (χ1v) is 8.64. The Kier molecular flexibility index (Phi) is 4.58. The zero-order chi connectivity index (χ0) is 17.4.